The topological polar surface area (TPSA) is 52.6 Å². The van der Waals surface area contributed by atoms with Crippen LogP contribution in [-0.4, -0.2) is 22.1 Å². The fourth-order valence-corrected chi connectivity index (χ4v) is 2.83. The fourth-order valence-electron chi connectivity index (χ4n) is 2.41. The van der Waals surface area contributed by atoms with Crippen molar-refractivity contribution in [2.75, 3.05) is 13.7 Å². The minimum Gasteiger partial charge on any atom is -0.252 e. The van der Waals surface area contributed by atoms with E-state index < -0.39 is 10.4 Å². The van der Waals surface area contributed by atoms with Crippen molar-refractivity contribution in [3.8, 4) is 0 Å². The Bertz CT molecular complexity index is 308. The highest BCUT2D eigenvalue weighted by atomic mass is 32.3. The van der Waals surface area contributed by atoms with Crippen LogP contribution in [0.5, 0.6) is 0 Å². The highest BCUT2D eigenvalue weighted by Crippen LogP contribution is 2.42. The third-order valence-corrected chi connectivity index (χ3v) is 4.12. The summed E-state index contributed by atoms with van der Waals surface area (Å²) in [5.41, 5.74) is 0.462. The van der Waals surface area contributed by atoms with Crippen LogP contribution in [-0.2, 0) is 18.8 Å². The Kier molecular flexibility index (Phi) is 4.76. The lowest BCUT2D eigenvalue weighted by Crippen LogP contribution is -2.10. The number of rotatable bonds is 6. The molecular formula is C11H22O4S. The minimum atomic E-state index is -3.74. The molecule has 0 N–H and O–H groups in total. The Morgan fingerprint density at radius 3 is 2.56 bits per heavy atom. The summed E-state index contributed by atoms with van der Waals surface area (Å²) >= 11 is 0. The van der Waals surface area contributed by atoms with Crippen LogP contribution in [0.4, 0.5) is 0 Å². The second kappa shape index (κ2) is 5.47. The molecule has 0 aliphatic heterocycles. The maximum atomic E-state index is 10.9. The average Bonchev–Trinajstić information content (AvgIpc) is 2.53. The van der Waals surface area contributed by atoms with E-state index in [1.165, 1.54) is 19.3 Å². The molecule has 1 aliphatic rings. The summed E-state index contributed by atoms with van der Waals surface area (Å²) in [7, 11) is -2.63. The lowest BCUT2D eigenvalue weighted by atomic mass is 9.89. The van der Waals surface area contributed by atoms with Crippen molar-refractivity contribution < 1.29 is 16.8 Å². The van der Waals surface area contributed by atoms with Crippen molar-refractivity contribution in [1.29, 1.82) is 0 Å². The van der Waals surface area contributed by atoms with Gasteiger partial charge in [0.15, 0.2) is 0 Å². The van der Waals surface area contributed by atoms with Gasteiger partial charge in [0.1, 0.15) is 0 Å². The van der Waals surface area contributed by atoms with Gasteiger partial charge in [-0.15, -0.1) is 0 Å². The second-order valence-electron chi connectivity index (χ2n) is 5.31. The first kappa shape index (κ1) is 13.9. The molecule has 0 saturated heterocycles. The van der Waals surface area contributed by atoms with Gasteiger partial charge in [0.05, 0.1) is 13.7 Å². The molecular weight excluding hydrogens is 228 g/mol. The van der Waals surface area contributed by atoms with E-state index in [4.69, 9.17) is 0 Å². The van der Waals surface area contributed by atoms with Crippen molar-refractivity contribution in [1.82, 2.24) is 0 Å². The Balaban J connectivity index is 2.13. The van der Waals surface area contributed by atoms with E-state index in [-0.39, 0.29) is 6.61 Å². The minimum absolute atomic E-state index is 0.229. The molecule has 0 bridgehead atoms. The van der Waals surface area contributed by atoms with Crippen molar-refractivity contribution >= 4 is 10.4 Å². The standard InChI is InChI=1S/C11H22O4S/c1-11(2)7-6-10(9-11)5-4-8-15-16(12,13)14-3/h10H,4-9H2,1-3H3. The van der Waals surface area contributed by atoms with Crippen molar-refractivity contribution in [2.24, 2.45) is 11.3 Å². The van der Waals surface area contributed by atoms with Crippen LogP contribution in [0.3, 0.4) is 0 Å². The normalized spacial score (nSPS) is 24.8. The van der Waals surface area contributed by atoms with Crippen LogP contribution in [0.15, 0.2) is 0 Å². The molecule has 16 heavy (non-hydrogen) atoms. The quantitative estimate of drug-likeness (QED) is 0.680. The van der Waals surface area contributed by atoms with Gasteiger partial charge in [0.25, 0.3) is 0 Å². The zero-order valence-electron chi connectivity index (χ0n) is 10.4. The molecule has 1 aliphatic carbocycles. The van der Waals surface area contributed by atoms with Crippen molar-refractivity contribution in [3.63, 3.8) is 0 Å². The van der Waals surface area contributed by atoms with E-state index in [1.54, 1.807) is 0 Å². The third kappa shape index (κ3) is 4.80. The van der Waals surface area contributed by atoms with Gasteiger partial charge >= 0.3 is 10.4 Å². The first-order chi connectivity index (χ1) is 7.35. The van der Waals surface area contributed by atoms with Crippen LogP contribution in [0, 0.1) is 11.3 Å². The maximum Gasteiger partial charge on any atom is 0.399 e. The molecule has 4 nitrogen and oxygen atoms in total. The van der Waals surface area contributed by atoms with E-state index in [2.05, 4.69) is 22.2 Å². The molecule has 0 aromatic rings. The summed E-state index contributed by atoms with van der Waals surface area (Å²) in [6.45, 7) is 4.81. The van der Waals surface area contributed by atoms with Gasteiger partial charge in [-0.1, -0.05) is 13.8 Å². The van der Waals surface area contributed by atoms with Crippen LogP contribution in [0.2, 0.25) is 0 Å². The van der Waals surface area contributed by atoms with E-state index >= 15 is 0 Å². The van der Waals surface area contributed by atoms with Crippen molar-refractivity contribution in [3.05, 3.63) is 0 Å². The fraction of sp³-hybridized carbons (Fsp3) is 1.00. The van der Waals surface area contributed by atoms with E-state index in [9.17, 15) is 8.42 Å². The maximum absolute atomic E-state index is 10.9. The van der Waals surface area contributed by atoms with Crippen molar-refractivity contribution in [2.45, 2.75) is 46.0 Å². The molecule has 0 radical (unpaired) electrons. The smallest absolute Gasteiger partial charge is 0.252 e. The summed E-state index contributed by atoms with van der Waals surface area (Å²) < 4.78 is 30.5. The molecule has 1 unspecified atom stereocenters. The highest BCUT2D eigenvalue weighted by Gasteiger charge is 2.30. The average molecular weight is 250 g/mol. The van der Waals surface area contributed by atoms with E-state index in [0.717, 1.165) is 25.9 Å². The second-order valence-corrected chi connectivity index (χ2v) is 6.70. The molecule has 5 heteroatoms. The molecule has 0 amide bonds. The summed E-state index contributed by atoms with van der Waals surface area (Å²) in [5.74, 6) is 0.726. The third-order valence-electron chi connectivity index (χ3n) is 3.26. The first-order valence-electron chi connectivity index (χ1n) is 5.80. The van der Waals surface area contributed by atoms with Crippen LogP contribution >= 0.6 is 0 Å². The van der Waals surface area contributed by atoms with E-state index in [1.807, 2.05) is 0 Å². The van der Waals surface area contributed by atoms with Crippen LogP contribution in [0.25, 0.3) is 0 Å². The van der Waals surface area contributed by atoms with Gasteiger partial charge in [-0.3, -0.25) is 4.18 Å². The molecule has 96 valence electrons. The number of hydrogen-bond donors (Lipinski definition) is 0. The van der Waals surface area contributed by atoms with Gasteiger partial charge in [0.2, 0.25) is 0 Å². The van der Waals surface area contributed by atoms with Gasteiger partial charge in [-0.25, -0.2) is 4.18 Å². The molecule has 1 rings (SSSR count). The van der Waals surface area contributed by atoms with Gasteiger partial charge in [-0.05, 0) is 43.4 Å². The van der Waals surface area contributed by atoms with Gasteiger partial charge in [0, 0.05) is 0 Å². The zero-order valence-corrected chi connectivity index (χ0v) is 11.2. The first-order valence-corrected chi connectivity index (χ1v) is 7.13. The van der Waals surface area contributed by atoms with Gasteiger partial charge in [-0.2, -0.15) is 8.42 Å². The highest BCUT2D eigenvalue weighted by molar-refractivity contribution is 7.81. The molecule has 0 spiro atoms. The lowest BCUT2D eigenvalue weighted by molar-refractivity contribution is 0.232. The largest absolute Gasteiger partial charge is 0.399 e. The Morgan fingerprint density at radius 2 is 2.06 bits per heavy atom. The Morgan fingerprint density at radius 1 is 1.38 bits per heavy atom. The molecule has 0 heterocycles. The summed E-state index contributed by atoms with van der Waals surface area (Å²) in [4.78, 5) is 0. The molecule has 1 saturated carbocycles. The lowest BCUT2D eigenvalue weighted by Gasteiger charge is -2.16. The zero-order chi connectivity index (χ0) is 12.2. The van der Waals surface area contributed by atoms with Crippen LogP contribution < -0.4 is 0 Å². The predicted molar refractivity (Wildman–Crippen MR) is 62.2 cm³/mol. The van der Waals surface area contributed by atoms with E-state index in [0.29, 0.717) is 5.41 Å². The molecule has 0 aromatic carbocycles. The SMILES string of the molecule is COS(=O)(=O)OCCCC1CCC(C)(C)C1. The number of hydrogen-bond acceptors (Lipinski definition) is 4. The molecule has 0 aromatic heterocycles. The summed E-state index contributed by atoms with van der Waals surface area (Å²) in [5, 5.41) is 0. The summed E-state index contributed by atoms with van der Waals surface area (Å²) in [6, 6.07) is 0. The Hall–Kier alpha value is -0.130. The molecule has 1 fully saturated rings. The molecule has 1 atom stereocenters. The predicted octanol–water partition coefficient (Wildman–Crippen LogP) is 2.50. The summed E-state index contributed by atoms with van der Waals surface area (Å²) in [6.07, 6.45) is 5.59. The van der Waals surface area contributed by atoms with Gasteiger partial charge < -0.3 is 0 Å². The Labute approximate surface area is 98.7 Å². The van der Waals surface area contributed by atoms with Crippen LogP contribution in [0.1, 0.15) is 46.0 Å². The monoisotopic (exact) mass is 250 g/mol.